The Morgan fingerprint density at radius 3 is 2.47 bits per heavy atom. The monoisotopic (exact) mass is 733 g/mol. The van der Waals surface area contributed by atoms with Crippen molar-refractivity contribution in [2.45, 2.75) is 61.4 Å². The first-order valence-corrected chi connectivity index (χ1v) is 25.7. The van der Waals surface area contributed by atoms with E-state index in [9.17, 15) is 0 Å². The van der Waals surface area contributed by atoms with E-state index in [2.05, 4.69) is 176 Å². The summed E-state index contributed by atoms with van der Waals surface area (Å²) in [5, 5.41) is 9.74. The zero-order valence-electron chi connectivity index (χ0n) is 30.7. The van der Waals surface area contributed by atoms with E-state index in [0.29, 0.717) is 11.2 Å². The Bertz CT molecular complexity index is 2610. The number of hydrogen-bond donors (Lipinski definition) is 0. The predicted molar refractivity (Wildman–Crippen MR) is 235 cm³/mol. The SMILES string of the molecule is C[SiH]1c2cc(N(C3=CC=C(c4cccc5ccccc45)CC3)c3ccc4c(c3)[Si](C)(C)C3=C4C=CCC3)ccc2-c2c1ccc1c2SC2C=CC=CC12. The quantitative estimate of drug-likeness (QED) is 0.169. The Balaban J connectivity index is 1.04. The van der Waals surface area contributed by atoms with E-state index >= 15 is 0 Å². The molecule has 0 bridgehead atoms. The Morgan fingerprint density at radius 1 is 0.755 bits per heavy atom. The van der Waals surface area contributed by atoms with Gasteiger partial charge >= 0.3 is 0 Å². The van der Waals surface area contributed by atoms with E-state index in [0.717, 1.165) is 12.8 Å². The smallest absolute Gasteiger partial charge is 0.109 e. The molecule has 0 spiro atoms. The van der Waals surface area contributed by atoms with Crippen LogP contribution < -0.4 is 20.5 Å². The van der Waals surface area contributed by atoms with Gasteiger partial charge in [0, 0.05) is 33.1 Å². The third-order valence-electron chi connectivity index (χ3n) is 13.1. The lowest BCUT2D eigenvalue weighted by Crippen LogP contribution is -2.42. The van der Waals surface area contributed by atoms with Crippen LogP contribution in [-0.2, 0) is 0 Å². The van der Waals surface area contributed by atoms with Gasteiger partial charge < -0.3 is 4.90 Å². The van der Waals surface area contributed by atoms with Gasteiger partial charge in [-0.05, 0) is 121 Å². The number of rotatable bonds is 4. The second-order valence-corrected chi connectivity index (χ2v) is 24.5. The molecular formula is C49H43NSSi2. The molecule has 0 radical (unpaired) electrons. The number of fused-ring (bicyclic) bond motifs is 10. The van der Waals surface area contributed by atoms with E-state index in [1.165, 1.54) is 79.0 Å². The van der Waals surface area contributed by atoms with Gasteiger partial charge in [-0.15, -0.1) is 11.8 Å². The first-order valence-electron chi connectivity index (χ1n) is 19.5. The highest BCUT2D eigenvalue weighted by molar-refractivity contribution is 8.00. The van der Waals surface area contributed by atoms with Crippen molar-refractivity contribution < 1.29 is 0 Å². The summed E-state index contributed by atoms with van der Waals surface area (Å²) in [6, 6.07) is 35.5. The molecule has 0 saturated heterocycles. The van der Waals surface area contributed by atoms with Crippen LogP contribution in [0.25, 0.3) is 33.0 Å². The van der Waals surface area contributed by atoms with Gasteiger partial charge in [0.1, 0.15) is 16.9 Å². The minimum atomic E-state index is -1.76. The van der Waals surface area contributed by atoms with Crippen LogP contribution in [0.3, 0.4) is 0 Å². The van der Waals surface area contributed by atoms with Crippen LogP contribution >= 0.6 is 11.8 Å². The minimum absolute atomic E-state index is 0.495. The Labute approximate surface area is 320 Å². The highest BCUT2D eigenvalue weighted by Gasteiger charge is 2.41. The number of anilines is 2. The topological polar surface area (TPSA) is 3.24 Å². The summed E-state index contributed by atoms with van der Waals surface area (Å²) in [6.45, 7) is 7.72. The van der Waals surface area contributed by atoms with Crippen molar-refractivity contribution in [3.05, 3.63) is 167 Å². The number of benzene rings is 5. The molecule has 1 nitrogen and oxygen atoms in total. The molecule has 0 saturated carbocycles. The average molecular weight is 734 g/mol. The second kappa shape index (κ2) is 11.9. The van der Waals surface area contributed by atoms with Crippen LogP contribution in [-0.4, -0.2) is 22.1 Å². The van der Waals surface area contributed by atoms with Crippen LogP contribution in [0.5, 0.6) is 0 Å². The molecule has 5 aromatic carbocycles. The van der Waals surface area contributed by atoms with E-state index in [1.54, 1.807) is 26.3 Å². The van der Waals surface area contributed by atoms with Crippen molar-refractivity contribution in [2.75, 3.05) is 4.90 Å². The summed E-state index contributed by atoms with van der Waals surface area (Å²) in [4.78, 5) is 4.16. The van der Waals surface area contributed by atoms with Gasteiger partial charge in [0.2, 0.25) is 0 Å². The van der Waals surface area contributed by atoms with Crippen molar-refractivity contribution >= 4 is 77.5 Å². The second-order valence-electron chi connectivity index (χ2n) is 16.2. The number of nitrogens with zero attached hydrogens (tertiary/aromatic N) is 1. The van der Waals surface area contributed by atoms with E-state index < -0.39 is 16.9 Å². The number of allylic oxidation sites excluding steroid dienone is 11. The lowest BCUT2D eigenvalue weighted by atomic mass is 9.90. The van der Waals surface area contributed by atoms with Crippen LogP contribution in [0.15, 0.2) is 155 Å². The molecule has 258 valence electrons. The maximum absolute atomic E-state index is 2.63. The standard InChI is InChI=1S/C49H43NSSi2/c1-52-44-28-27-41-38-14-6-8-17-43(38)51-49(41)48(44)42-26-24-34(29-45(42)52)50(35-23-25-40-39-15-7-9-18-46(39)53(2,3)47(40)30-35)33-21-19-32(20-22-33)37-16-10-12-31-11-4-5-13-36(31)37/h4-8,10-17,19,21,23-30,38,43,52H,9,18,20,22H2,1-3H3. The minimum Gasteiger partial charge on any atom is -0.314 e. The summed E-state index contributed by atoms with van der Waals surface area (Å²) < 4.78 is 0. The molecule has 3 unspecified atom stereocenters. The largest absolute Gasteiger partial charge is 0.314 e. The lowest BCUT2D eigenvalue weighted by molar-refractivity contribution is 0.882. The van der Waals surface area contributed by atoms with Gasteiger partial charge in [-0.25, -0.2) is 0 Å². The third kappa shape index (κ3) is 4.75. The molecule has 0 N–H and O–H groups in total. The molecular weight excluding hydrogens is 691 g/mol. The summed E-state index contributed by atoms with van der Waals surface area (Å²) in [6.07, 6.45) is 23.3. The predicted octanol–water partition coefficient (Wildman–Crippen LogP) is 10.9. The Hall–Kier alpha value is -4.62. The summed E-state index contributed by atoms with van der Waals surface area (Å²) >= 11 is 2.09. The van der Waals surface area contributed by atoms with E-state index in [4.69, 9.17) is 0 Å². The van der Waals surface area contributed by atoms with Crippen molar-refractivity contribution in [3.63, 3.8) is 0 Å². The maximum atomic E-state index is 2.63. The molecule has 0 amide bonds. The van der Waals surface area contributed by atoms with Gasteiger partial charge in [0.05, 0.1) is 0 Å². The van der Waals surface area contributed by atoms with Crippen LogP contribution in [0.2, 0.25) is 19.6 Å². The first-order chi connectivity index (χ1) is 26.0. The third-order valence-corrected chi connectivity index (χ3v) is 21.1. The molecule has 5 aromatic rings. The number of hydrogen-bond acceptors (Lipinski definition) is 2. The summed E-state index contributed by atoms with van der Waals surface area (Å²) in [7, 11) is -3.13. The fraction of sp³-hybridized carbons (Fsp3) is 0.184. The van der Waals surface area contributed by atoms with E-state index in [-0.39, 0.29) is 0 Å². The van der Waals surface area contributed by atoms with Crippen molar-refractivity contribution in [1.29, 1.82) is 0 Å². The molecule has 3 aliphatic carbocycles. The molecule has 6 aliphatic rings. The van der Waals surface area contributed by atoms with Gasteiger partial charge in [0.25, 0.3) is 0 Å². The van der Waals surface area contributed by atoms with Crippen LogP contribution in [0.1, 0.15) is 48.3 Å². The average Bonchev–Trinajstić information content (AvgIpc) is 3.80. The Morgan fingerprint density at radius 2 is 1.58 bits per heavy atom. The molecule has 4 heteroatoms. The van der Waals surface area contributed by atoms with Crippen LogP contribution in [0, 0.1) is 0 Å². The van der Waals surface area contributed by atoms with Gasteiger partial charge in [-0.2, -0.15) is 0 Å². The fourth-order valence-electron chi connectivity index (χ4n) is 10.4. The molecule has 0 aromatic heterocycles. The van der Waals surface area contributed by atoms with Crippen molar-refractivity contribution in [2.24, 2.45) is 0 Å². The van der Waals surface area contributed by atoms with E-state index in [1.807, 2.05) is 0 Å². The molecule has 3 atom stereocenters. The van der Waals surface area contributed by atoms with Crippen molar-refractivity contribution in [3.8, 4) is 11.1 Å². The highest BCUT2D eigenvalue weighted by Crippen LogP contribution is 2.52. The lowest BCUT2D eigenvalue weighted by Gasteiger charge is -2.32. The molecule has 3 aliphatic heterocycles. The van der Waals surface area contributed by atoms with Gasteiger partial charge in [-0.1, -0.05) is 134 Å². The summed E-state index contributed by atoms with van der Waals surface area (Å²) in [5.41, 5.74) is 14.4. The van der Waals surface area contributed by atoms with Gasteiger partial charge in [-0.3, -0.25) is 0 Å². The zero-order valence-corrected chi connectivity index (χ0v) is 33.7. The zero-order chi connectivity index (χ0) is 35.4. The molecule has 3 heterocycles. The fourth-order valence-corrected chi connectivity index (χ4v) is 18.0. The Kier molecular flexibility index (Phi) is 7.18. The molecule has 0 fully saturated rings. The molecule has 11 rings (SSSR count). The molecule has 53 heavy (non-hydrogen) atoms. The maximum Gasteiger partial charge on any atom is 0.109 e. The van der Waals surface area contributed by atoms with Crippen LogP contribution in [0.4, 0.5) is 11.4 Å². The first kappa shape index (κ1) is 31.9. The van der Waals surface area contributed by atoms with Gasteiger partial charge in [0.15, 0.2) is 0 Å². The van der Waals surface area contributed by atoms with Crippen molar-refractivity contribution in [1.82, 2.24) is 0 Å². The summed E-state index contributed by atoms with van der Waals surface area (Å²) in [5.74, 6) is 0.495. The number of thioether (sulfide) groups is 1. The highest BCUT2D eigenvalue weighted by atomic mass is 32.2. The normalized spacial score (nSPS) is 22.5.